The molecular formula is C14H22N2O. The Bertz CT molecular complexity index is 382. The number of hydrogen-bond acceptors (Lipinski definition) is 3. The standard InChI is InChI=1S/C14H22N2O/c1-10-7-8-14(17)13(15-10)9-16-11(2)5-4-6-12(16)3/h7-8,11-12,17H,4-6,9H2,1-3H3/t11-,12+. The van der Waals surface area contributed by atoms with Crippen LogP contribution in [0.5, 0.6) is 5.75 Å². The predicted molar refractivity (Wildman–Crippen MR) is 69.0 cm³/mol. The topological polar surface area (TPSA) is 36.4 Å². The molecule has 1 aromatic rings. The number of aryl methyl sites for hydroxylation is 1. The molecule has 0 radical (unpaired) electrons. The molecule has 0 unspecified atom stereocenters. The van der Waals surface area contributed by atoms with Crippen molar-refractivity contribution in [2.75, 3.05) is 0 Å². The largest absolute Gasteiger partial charge is 0.506 e. The lowest BCUT2D eigenvalue weighted by atomic mass is 9.97. The maximum atomic E-state index is 9.85. The minimum atomic E-state index is 0.320. The summed E-state index contributed by atoms with van der Waals surface area (Å²) in [5, 5.41) is 9.85. The maximum Gasteiger partial charge on any atom is 0.138 e. The van der Waals surface area contributed by atoms with Crippen LogP contribution in [0.1, 0.15) is 44.5 Å². The van der Waals surface area contributed by atoms with Gasteiger partial charge in [-0.3, -0.25) is 9.88 Å². The van der Waals surface area contributed by atoms with Crippen LogP contribution in [0.15, 0.2) is 12.1 Å². The number of aromatic nitrogens is 1. The molecule has 94 valence electrons. The fourth-order valence-electron chi connectivity index (χ4n) is 2.68. The van der Waals surface area contributed by atoms with E-state index < -0.39 is 0 Å². The van der Waals surface area contributed by atoms with Gasteiger partial charge in [0.05, 0.1) is 5.69 Å². The van der Waals surface area contributed by atoms with Gasteiger partial charge in [-0.15, -0.1) is 0 Å². The highest BCUT2D eigenvalue weighted by Gasteiger charge is 2.25. The molecule has 1 fully saturated rings. The molecule has 3 nitrogen and oxygen atoms in total. The van der Waals surface area contributed by atoms with Gasteiger partial charge in [0.1, 0.15) is 5.75 Å². The monoisotopic (exact) mass is 234 g/mol. The first-order valence-corrected chi connectivity index (χ1v) is 6.49. The van der Waals surface area contributed by atoms with Crippen LogP contribution in [0.4, 0.5) is 0 Å². The van der Waals surface area contributed by atoms with Crippen LogP contribution < -0.4 is 0 Å². The van der Waals surface area contributed by atoms with Crippen LogP contribution in [-0.2, 0) is 6.54 Å². The summed E-state index contributed by atoms with van der Waals surface area (Å²) in [6, 6.07) is 4.76. The molecular weight excluding hydrogens is 212 g/mol. The first kappa shape index (κ1) is 12.4. The second-order valence-electron chi connectivity index (χ2n) is 5.22. The van der Waals surface area contributed by atoms with Gasteiger partial charge in [-0.05, 0) is 45.7 Å². The molecule has 0 aliphatic carbocycles. The third-order valence-corrected chi connectivity index (χ3v) is 3.80. The lowest BCUT2D eigenvalue weighted by Crippen LogP contribution is -2.43. The summed E-state index contributed by atoms with van der Waals surface area (Å²) in [7, 11) is 0. The first-order chi connectivity index (χ1) is 8.08. The van der Waals surface area contributed by atoms with Crippen molar-refractivity contribution in [3.05, 3.63) is 23.5 Å². The van der Waals surface area contributed by atoms with Crippen molar-refractivity contribution in [1.82, 2.24) is 9.88 Å². The highest BCUT2D eigenvalue weighted by atomic mass is 16.3. The average molecular weight is 234 g/mol. The van der Waals surface area contributed by atoms with Crippen molar-refractivity contribution in [3.63, 3.8) is 0 Å². The Morgan fingerprint density at radius 1 is 1.29 bits per heavy atom. The minimum absolute atomic E-state index is 0.320. The van der Waals surface area contributed by atoms with Crippen LogP contribution in [0.2, 0.25) is 0 Å². The van der Waals surface area contributed by atoms with Gasteiger partial charge in [-0.2, -0.15) is 0 Å². The van der Waals surface area contributed by atoms with Gasteiger partial charge in [-0.1, -0.05) is 6.42 Å². The summed E-state index contributed by atoms with van der Waals surface area (Å²) in [5.41, 5.74) is 1.78. The number of nitrogens with zero attached hydrogens (tertiary/aromatic N) is 2. The molecule has 0 amide bonds. The summed E-state index contributed by atoms with van der Waals surface area (Å²) in [6.45, 7) is 7.26. The Balaban J connectivity index is 2.16. The fraction of sp³-hybridized carbons (Fsp3) is 0.643. The third kappa shape index (κ3) is 2.78. The summed E-state index contributed by atoms with van der Waals surface area (Å²) in [5.74, 6) is 0.320. The normalized spacial score (nSPS) is 26.1. The van der Waals surface area contributed by atoms with E-state index in [-0.39, 0.29) is 0 Å². The van der Waals surface area contributed by atoms with E-state index in [2.05, 4.69) is 23.7 Å². The van der Waals surface area contributed by atoms with Gasteiger partial charge in [0.25, 0.3) is 0 Å². The molecule has 0 saturated carbocycles. The second-order valence-corrected chi connectivity index (χ2v) is 5.22. The van der Waals surface area contributed by atoms with Gasteiger partial charge in [0.15, 0.2) is 0 Å². The molecule has 2 atom stereocenters. The molecule has 2 rings (SSSR count). The molecule has 1 saturated heterocycles. The number of aromatic hydroxyl groups is 1. The van der Waals surface area contributed by atoms with Crippen LogP contribution in [-0.4, -0.2) is 27.1 Å². The highest BCUT2D eigenvalue weighted by molar-refractivity contribution is 5.27. The van der Waals surface area contributed by atoms with Crippen LogP contribution in [0, 0.1) is 6.92 Å². The maximum absolute atomic E-state index is 9.85. The summed E-state index contributed by atoms with van der Waals surface area (Å²) >= 11 is 0. The van der Waals surface area contributed by atoms with Crippen molar-refractivity contribution in [2.24, 2.45) is 0 Å². The first-order valence-electron chi connectivity index (χ1n) is 6.49. The summed E-state index contributed by atoms with van der Waals surface area (Å²) in [4.78, 5) is 6.89. The Hall–Kier alpha value is -1.09. The lowest BCUT2D eigenvalue weighted by molar-refractivity contribution is 0.0928. The zero-order valence-electron chi connectivity index (χ0n) is 11.0. The Kier molecular flexibility index (Phi) is 3.67. The van der Waals surface area contributed by atoms with Crippen LogP contribution in [0.3, 0.4) is 0 Å². The number of pyridine rings is 1. The van der Waals surface area contributed by atoms with E-state index >= 15 is 0 Å². The van der Waals surface area contributed by atoms with E-state index in [0.29, 0.717) is 17.8 Å². The van der Waals surface area contributed by atoms with E-state index in [1.807, 2.05) is 13.0 Å². The zero-order chi connectivity index (χ0) is 12.4. The van der Waals surface area contributed by atoms with Crippen molar-refractivity contribution >= 4 is 0 Å². The number of hydrogen-bond donors (Lipinski definition) is 1. The molecule has 2 heterocycles. The average Bonchev–Trinajstić information content (AvgIpc) is 2.28. The molecule has 1 aliphatic rings. The minimum Gasteiger partial charge on any atom is -0.506 e. The van der Waals surface area contributed by atoms with E-state index in [1.165, 1.54) is 19.3 Å². The zero-order valence-corrected chi connectivity index (χ0v) is 11.0. The van der Waals surface area contributed by atoms with Gasteiger partial charge in [0, 0.05) is 24.3 Å². The van der Waals surface area contributed by atoms with Gasteiger partial charge in [-0.25, -0.2) is 0 Å². The molecule has 0 spiro atoms. The Morgan fingerprint density at radius 3 is 2.59 bits per heavy atom. The van der Waals surface area contributed by atoms with Gasteiger partial charge < -0.3 is 5.11 Å². The molecule has 1 aliphatic heterocycles. The molecule has 0 aromatic carbocycles. The molecule has 1 N–H and O–H groups in total. The summed E-state index contributed by atoms with van der Waals surface area (Å²) < 4.78 is 0. The third-order valence-electron chi connectivity index (χ3n) is 3.80. The van der Waals surface area contributed by atoms with E-state index in [0.717, 1.165) is 17.9 Å². The van der Waals surface area contributed by atoms with Crippen LogP contribution >= 0.6 is 0 Å². The predicted octanol–water partition coefficient (Wildman–Crippen LogP) is 2.86. The molecule has 1 aromatic heterocycles. The van der Waals surface area contributed by atoms with Crippen molar-refractivity contribution < 1.29 is 5.11 Å². The molecule has 17 heavy (non-hydrogen) atoms. The summed E-state index contributed by atoms with van der Waals surface area (Å²) in [6.07, 6.45) is 3.81. The number of rotatable bonds is 2. The quantitative estimate of drug-likeness (QED) is 0.854. The second kappa shape index (κ2) is 5.05. The molecule has 3 heteroatoms. The highest BCUT2D eigenvalue weighted by Crippen LogP contribution is 2.26. The number of likely N-dealkylation sites (tertiary alicyclic amines) is 1. The van der Waals surface area contributed by atoms with Crippen LogP contribution in [0.25, 0.3) is 0 Å². The molecule has 0 bridgehead atoms. The van der Waals surface area contributed by atoms with E-state index in [4.69, 9.17) is 0 Å². The Morgan fingerprint density at radius 2 is 1.94 bits per heavy atom. The van der Waals surface area contributed by atoms with Crippen molar-refractivity contribution in [3.8, 4) is 5.75 Å². The Labute approximate surface area is 103 Å². The lowest BCUT2D eigenvalue weighted by Gasteiger charge is -2.38. The van der Waals surface area contributed by atoms with Crippen molar-refractivity contribution in [2.45, 2.75) is 58.7 Å². The van der Waals surface area contributed by atoms with Crippen molar-refractivity contribution in [1.29, 1.82) is 0 Å². The smallest absolute Gasteiger partial charge is 0.138 e. The van der Waals surface area contributed by atoms with Gasteiger partial charge >= 0.3 is 0 Å². The number of piperidine rings is 1. The van der Waals surface area contributed by atoms with Gasteiger partial charge in [0.2, 0.25) is 0 Å². The fourth-order valence-corrected chi connectivity index (χ4v) is 2.68. The SMILES string of the molecule is Cc1ccc(O)c(CN2[C@H](C)CCC[C@@H]2C)n1. The van der Waals surface area contributed by atoms with E-state index in [9.17, 15) is 5.11 Å². The van der Waals surface area contributed by atoms with E-state index in [1.54, 1.807) is 6.07 Å².